The van der Waals surface area contributed by atoms with E-state index < -0.39 is 23.7 Å². The van der Waals surface area contributed by atoms with Crippen molar-refractivity contribution < 1.29 is 28.8 Å². The highest BCUT2D eigenvalue weighted by molar-refractivity contribution is 5.77. The van der Waals surface area contributed by atoms with Crippen molar-refractivity contribution in [3.8, 4) is 11.5 Å². The maximum Gasteiger partial charge on any atom is 0.317 e. The van der Waals surface area contributed by atoms with Crippen molar-refractivity contribution in [1.82, 2.24) is 0 Å². The lowest BCUT2D eigenvalue weighted by Gasteiger charge is -2.28. The third kappa shape index (κ3) is 5.89. The quantitative estimate of drug-likeness (QED) is 0.157. The van der Waals surface area contributed by atoms with Crippen LogP contribution in [0, 0.1) is 0 Å². The van der Waals surface area contributed by atoms with Crippen LogP contribution in [0.1, 0.15) is 31.9 Å². The SMILES string of the molecule is C=CC(C)(CC)Oc1cc([C@H](O)[C@H](N=[N+]=[N-])C(=O)OC)ccc1OCOC. The highest BCUT2D eigenvalue weighted by Crippen LogP contribution is 2.35. The molecule has 3 atom stereocenters. The van der Waals surface area contributed by atoms with E-state index in [-0.39, 0.29) is 6.79 Å². The first-order valence-electron chi connectivity index (χ1n) is 8.24. The van der Waals surface area contributed by atoms with Crippen molar-refractivity contribution in [1.29, 1.82) is 0 Å². The van der Waals surface area contributed by atoms with Crippen LogP contribution in [-0.2, 0) is 14.3 Å². The van der Waals surface area contributed by atoms with Gasteiger partial charge in [0, 0.05) is 12.0 Å². The van der Waals surface area contributed by atoms with Crippen LogP contribution in [0.4, 0.5) is 0 Å². The molecule has 0 aliphatic carbocycles. The van der Waals surface area contributed by atoms with E-state index in [9.17, 15) is 9.90 Å². The number of azide groups is 1. The molecule has 1 rings (SSSR count). The highest BCUT2D eigenvalue weighted by Gasteiger charge is 2.30. The van der Waals surface area contributed by atoms with Crippen LogP contribution in [0.25, 0.3) is 10.4 Å². The second-order valence-electron chi connectivity index (χ2n) is 5.85. The molecular weight excluding hydrogens is 354 g/mol. The largest absolute Gasteiger partial charge is 0.480 e. The molecule has 0 aliphatic rings. The predicted octanol–water partition coefficient (Wildman–Crippen LogP) is 3.29. The zero-order chi connectivity index (χ0) is 20.4. The van der Waals surface area contributed by atoms with Crippen molar-refractivity contribution in [2.24, 2.45) is 5.11 Å². The molecule has 0 bridgehead atoms. The summed E-state index contributed by atoms with van der Waals surface area (Å²) in [6, 6.07) is 3.17. The Morgan fingerprint density at radius 3 is 2.67 bits per heavy atom. The smallest absolute Gasteiger partial charge is 0.317 e. The van der Waals surface area contributed by atoms with Crippen molar-refractivity contribution in [2.75, 3.05) is 21.0 Å². The van der Waals surface area contributed by atoms with Crippen LogP contribution in [0.15, 0.2) is 36.0 Å². The van der Waals surface area contributed by atoms with Gasteiger partial charge in [-0.3, -0.25) is 4.79 Å². The number of methoxy groups -OCH3 is 2. The maximum absolute atomic E-state index is 11.8. The van der Waals surface area contributed by atoms with Gasteiger partial charge < -0.3 is 24.1 Å². The third-order valence-corrected chi connectivity index (χ3v) is 4.04. The minimum atomic E-state index is -1.43. The highest BCUT2D eigenvalue weighted by atomic mass is 16.7. The van der Waals surface area contributed by atoms with Crippen molar-refractivity contribution in [2.45, 2.75) is 38.0 Å². The van der Waals surface area contributed by atoms with Crippen LogP contribution < -0.4 is 9.47 Å². The fourth-order valence-electron chi connectivity index (χ4n) is 2.14. The van der Waals surface area contributed by atoms with Crippen LogP contribution >= 0.6 is 0 Å². The first-order valence-corrected chi connectivity index (χ1v) is 8.24. The van der Waals surface area contributed by atoms with Gasteiger partial charge in [0.15, 0.2) is 24.3 Å². The molecule has 0 amide bonds. The zero-order valence-electron chi connectivity index (χ0n) is 15.9. The number of hydrogen-bond acceptors (Lipinski definition) is 7. The molecule has 1 unspecified atom stereocenters. The lowest BCUT2D eigenvalue weighted by Crippen LogP contribution is -2.29. The summed E-state index contributed by atoms with van der Waals surface area (Å²) in [5.74, 6) is -0.155. The standard InChI is InChI=1S/C18H25N3O6/c1-6-18(3,7-2)27-14-10-12(8-9-13(14)26-11-24-4)16(22)15(20-21-19)17(23)25-5/h6,8-10,15-16,22H,1,7,11H2,2-5H3/t15-,16-,18?/m0/s1. The first kappa shape index (κ1) is 22.3. The van der Waals surface area contributed by atoms with Crippen LogP contribution in [0.2, 0.25) is 0 Å². The summed E-state index contributed by atoms with van der Waals surface area (Å²) < 4.78 is 21.0. The predicted molar refractivity (Wildman–Crippen MR) is 98.4 cm³/mol. The van der Waals surface area contributed by atoms with E-state index in [1.54, 1.807) is 12.1 Å². The van der Waals surface area contributed by atoms with E-state index in [0.29, 0.717) is 23.5 Å². The van der Waals surface area contributed by atoms with E-state index in [4.69, 9.17) is 19.7 Å². The van der Waals surface area contributed by atoms with Gasteiger partial charge in [-0.15, -0.1) is 0 Å². The van der Waals surface area contributed by atoms with E-state index in [1.165, 1.54) is 19.2 Å². The molecule has 9 heteroatoms. The summed E-state index contributed by atoms with van der Waals surface area (Å²) in [7, 11) is 2.63. The topological polar surface area (TPSA) is 123 Å². The van der Waals surface area contributed by atoms with Crippen LogP contribution in [0.3, 0.4) is 0 Å². The van der Waals surface area contributed by atoms with Gasteiger partial charge in [-0.05, 0) is 42.6 Å². The fraction of sp³-hybridized carbons (Fsp3) is 0.500. The molecule has 27 heavy (non-hydrogen) atoms. The molecule has 0 fully saturated rings. The number of nitrogens with zero attached hydrogens (tertiary/aromatic N) is 3. The number of ether oxygens (including phenoxy) is 4. The molecule has 0 saturated heterocycles. The lowest BCUT2D eigenvalue weighted by atomic mass is 10.0. The molecule has 148 valence electrons. The van der Waals surface area contributed by atoms with Gasteiger partial charge in [-0.25, -0.2) is 0 Å². The summed E-state index contributed by atoms with van der Waals surface area (Å²) in [4.78, 5) is 14.4. The number of benzene rings is 1. The maximum atomic E-state index is 11.8. The number of aliphatic hydroxyl groups excluding tert-OH is 1. The molecule has 0 saturated carbocycles. The molecule has 0 spiro atoms. The Kier molecular flexibility index (Phi) is 8.61. The minimum Gasteiger partial charge on any atom is -0.480 e. The van der Waals surface area contributed by atoms with Crippen LogP contribution in [0.5, 0.6) is 11.5 Å². The first-order chi connectivity index (χ1) is 12.9. The molecule has 9 nitrogen and oxygen atoms in total. The summed E-state index contributed by atoms with van der Waals surface area (Å²) in [6.45, 7) is 7.56. The number of esters is 1. The Bertz CT molecular complexity index is 704. The molecule has 0 radical (unpaired) electrons. The number of hydrogen-bond donors (Lipinski definition) is 1. The Morgan fingerprint density at radius 1 is 1.44 bits per heavy atom. The van der Waals surface area contributed by atoms with Gasteiger partial charge in [0.05, 0.1) is 13.2 Å². The average Bonchev–Trinajstić information content (AvgIpc) is 2.69. The summed E-state index contributed by atoms with van der Waals surface area (Å²) in [5.41, 5.74) is 8.27. The Labute approximate surface area is 158 Å². The van der Waals surface area contributed by atoms with Gasteiger partial charge in [0.25, 0.3) is 0 Å². The zero-order valence-corrected chi connectivity index (χ0v) is 15.9. The van der Waals surface area contributed by atoms with Crippen molar-refractivity contribution in [3.63, 3.8) is 0 Å². The normalized spacial score (nSPS) is 14.9. The fourth-order valence-corrected chi connectivity index (χ4v) is 2.14. The van der Waals surface area contributed by atoms with Gasteiger partial charge in [-0.1, -0.05) is 24.7 Å². The van der Waals surface area contributed by atoms with Gasteiger partial charge >= 0.3 is 5.97 Å². The van der Waals surface area contributed by atoms with Gasteiger partial charge in [0.1, 0.15) is 5.60 Å². The number of rotatable bonds is 11. The van der Waals surface area contributed by atoms with E-state index >= 15 is 0 Å². The number of aliphatic hydroxyl groups is 1. The van der Waals surface area contributed by atoms with Gasteiger partial charge in [0.2, 0.25) is 0 Å². The lowest BCUT2D eigenvalue weighted by molar-refractivity contribution is -0.144. The summed E-state index contributed by atoms with van der Waals surface area (Å²) in [5, 5.41) is 13.8. The monoisotopic (exact) mass is 379 g/mol. The van der Waals surface area contributed by atoms with Crippen LogP contribution in [-0.4, -0.2) is 43.7 Å². The minimum absolute atomic E-state index is 0.00129. The van der Waals surface area contributed by atoms with Gasteiger partial charge in [-0.2, -0.15) is 0 Å². The summed E-state index contributed by atoms with van der Waals surface area (Å²) >= 11 is 0. The molecule has 0 aliphatic heterocycles. The average molecular weight is 379 g/mol. The Hall–Kier alpha value is -2.74. The Morgan fingerprint density at radius 2 is 2.15 bits per heavy atom. The molecule has 0 aromatic heterocycles. The van der Waals surface area contributed by atoms with E-state index in [2.05, 4.69) is 21.3 Å². The second-order valence-corrected chi connectivity index (χ2v) is 5.85. The van der Waals surface area contributed by atoms with E-state index in [0.717, 1.165) is 7.11 Å². The second kappa shape index (κ2) is 10.4. The molecular formula is C18H25N3O6. The van der Waals surface area contributed by atoms with E-state index in [1.807, 2.05) is 13.8 Å². The molecule has 1 N–H and O–H groups in total. The Balaban J connectivity index is 3.32. The number of carbonyl (C=O) groups is 1. The van der Waals surface area contributed by atoms with Crippen molar-refractivity contribution >= 4 is 5.97 Å². The molecule has 1 aromatic rings. The van der Waals surface area contributed by atoms with Crippen molar-refractivity contribution in [3.05, 3.63) is 46.9 Å². The third-order valence-electron chi connectivity index (χ3n) is 4.04. The molecule has 1 aromatic carbocycles. The summed E-state index contributed by atoms with van der Waals surface area (Å²) in [6.07, 6.45) is 0.869. The number of carbonyl (C=O) groups excluding carboxylic acids is 1. The molecule has 0 heterocycles.